The minimum atomic E-state index is -0.867. The van der Waals surface area contributed by atoms with Crippen LogP contribution < -0.4 is 10.6 Å². The van der Waals surface area contributed by atoms with Crippen molar-refractivity contribution in [1.29, 1.82) is 0 Å². The van der Waals surface area contributed by atoms with E-state index in [1.807, 2.05) is 39.0 Å². The molecule has 30 heavy (non-hydrogen) atoms. The van der Waals surface area contributed by atoms with E-state index in [4.69, 9.17) is 16.3 Å². The number of hydrogen-bond donors (Lipinski definition) is 2. The average Bonchev–Trinajstić information content (AvgIpc) is 2.76. The van der Waals surface area contributed by atoms with Crippen LogP contribution in [0.5, 0.6) is 0 Å². The minimum absolute atomic E-state index is 0.169. The molecule has 2 unspecified atom stereocenters. The van der Waals surface area contributed by atoms with E-state index in [9.17, 15) is 14.4 Å². The topological polar surface area (TPSA) is 84.5 Å². The molecule has 7 heteroatoms. The summed E-state index contributed by atoms with van der Waals surface area (Å²) in [7, 11) is 0. The van der Waals surface area contributed by atoms with Gasteiger partial charge in [0.15, 0.2) is 6.61 Å². The fraction of sp³-hybridized carbons (Fsp3) is 0.348. The molecule has 0 fully saturated rings. The van der Waals surface area contributed by atoms with Gasteiger partial charge in [-0.15, -0.1) is 0 Å². The second-order valence-electron chi connectivity index (χ2n) is 7.01. The van der Waals surface area contributed by atoms with Crippen molar-refractivity contribution in [3.8, 4) is 0 Å². The van der Waals surface area contributed by atoms with Gasteiger partial charge in [0, 0.05) is 16.3 Å². The van der Waals surface area contributed by atoms with Gasteiger partial charge in [0.2, 0.25) is 0 Å². The van der Waals surface area contributed by atoms with Gasteiger partial charge in [0.25, 0.3) is 11.8 Å². The number of rotatable bonds is 9. The normalized spacial score (nSPS) is 12.5. The minimum Gasteiger partial charge on any atom is -0.454 e. The zero-order valence-electron chi connectivity index (χ0n) is 17.4. The number of amides is 2. The fourth-order valence-corrected chi connectivity index (χ4v) is 2.98. The molecule has 0 aliphatic rings. The number of halogens is 1. The fourth-order valence-electron chi connectivity index (χ4n) is 2.86. The SMILES string of the molecule is CCc1ccccc1NC(=O)COC(=O)C(NC(=O)c1ccc(Cl)cc1)C(C)CC. The van der Waals surface area contributed by atoms with Gasteiger partial charge >= 0.3 is 5.97 Å². The molecule has 0 aliphatic carbocycles. The molecule has 0 saturated heterocycles. The summed E-state index contributed by atoms with van der Waals surface area (Å²) < 4.78 is 5.20. The molecular formula is C23H27ClN2O4. The van der Waals surface area contributed by atoms with E-state index >= 15 is 0 Å². The maximum absolute atomic E-state index is 12.6. The van der Waals surface area contributed by atoms with E-state index in [1.165, 1.54) is 0 Å². The first-order chi connectivity index (χ1) is 14.3. The molecular weight excluding hydrogens is 404 g/mol. The maximum atomic E-state index is 12.6. The van der Waals surface area contributed by atoms with Gasteiger partial charge in [-0.3, -0.25) is 9.59 Å². The van der Waals surface area contributed by atoms with E-state index in [0.717, 1.165) is 12.0 Å². The number of nitrogens with one attached hydrogen (secondary N) is 2. The van der Waals surface area contributed by atoms with Crippen LogP contribution in [0.15, 0.2) is 48.5 Å². The molecule has 160 valence electrons. The second-order valence-corrected chi connectivity index (χ2v) is 7.45. The van der Waals surface area contributed by atoms with Crippen LogP contribution in [0.25, 0.3) is 0 Å². The number of para-hydroxylation sites is 1. The van der Waals surface area contributed by atoms with Gasteiger partial charge in [-0.05, 0) is 48.2 Å². The number of hydrogen-bond acceptors (Lipinski definition) is 4. The zero-order chi connectivity index (χ0) is 22.1. The molecule has 0 aromatic heterocycles. The van der Waals surface area contributed by atoms with Gasteiger partial charge in [0.1, 0.15) is 6.04 Å². The highest BCUT2D eigenvalue weighted by molar-refractivity contribution is 6.30. The van der Waals surface area contributed by atoms with Crippen molar-refractivity contribution in [3.63, 3.8) is 0 Å². The van der Waals surface area contributed by atoms with Gasteiger partial charge in [0.05, 0.1) is 0 Å². The molecule has 2 rings (SSSR count). The molecule has 2 N–H and O–H groups in total. The summed E-state index contributed by atoms with van der Waals surface area (Å²) in [5.74, 6) is -1.66. The molecule has 0 bridgehead atoms. The van der Waals surface area contributed by atoms with Crippen LogP contribution in [0.3, 0.4) is 0 Å². The lowest BCUT2D eigenvalue weighted by atomic mass is 9.99. The Morgan fingerprint density at radius 1 is 1.03 bits per heavy atom. The number of esters is 1. The van der Waals surface area contributed by atoms with E-state index in [0.29, 0.717) is 22.7 Å². The van der Waals surface area contributed by atoms with Crippen LogP contribution in [0.4, 0.5) is 5.69 Å². The molecule has 0 saturated carbocycles. The highest BCUT2D eigenvalue weighted by Crippen LogP contribution is 2.16. The Morgan fingerprint density at radius 2 is 1.70 bits per heavy atom. The lowest BCUT2D eigenvalue weighted by Gasteiger charge is -2.22. The Labute approximate surface area is 182 Å². The van der Waals surface area contributed by atoms with Crippen LogP contribution in [0.2, 0.25) is 5.02 Å². The predicted octanol–water partition coefficient (Wildman–Crippen LogP) is 4.23. The highest BCUT2D eigenvalue weighted by Gasteiger charge is 2.28. The molecule has 0 spiro atoms. The lowest BCUT2D eigenvalue weighted by Crippen LogP contribution is -2.46. The van der Waals surface area contributed by atoms with Crippen molar-refractivity contribution in [3.05, 3.63) is 64.7 Å². The van der Waals surface area contributed by atoms with Crippen LogP contribution in [0, 0.1) is 5.92 Å². The van der Waals surface area contributed by atoms with Crippen molar-refractivity contribution in [2.75, 3.05) is 11.9 Å². The Bertz CT molecular complexity index is 883. The van der Waals surface area contributed by atoms with Gasteiger partial charge in [-0.1, -0.05) is 57.0 Å². The number of aryl methyl sites for hydroxylation is 1. The predicted molar refractivity (Wildman–Crippen MR) is 118 cm³/mol. The van der Waals surface area contributed by atoms with Gasteiger partial charge < -0.3 is 15.4 Å². The van der Waals surface area contributed by atoms with Crippen molar-refractivity contribution in [1.82, 2.24) is 5.32 Å². The van der Waals surface area contributed by atoms with E-state index in [-0.39, 0.29) is 5.92 Å². The summed E-state index contributed by atoms with van der Waals surface area (Å²) in [6, 6.07) is 12.9. The van der Waals surface area contributed by atoms with Gasteiger partial charge in [-0.25, -0.2) is 4.79 Å². The third-order valence-corrected chi connectivity index (χ3v) is 5.13. The first kappa shape index (κ1) is 23.4. The third-order valence-electron chi connectivity index (χ3n) is 4.88. The van der Waals surface area contributed by atoms with Crippen molar-refractivity contribution < 1.29 is 19.1 Å². The molecule has 2 aromatic rings. The standard InChI is InChI=1S/C23H27ClN2O4/c1-4-15(3)21(26-22(28)17-10-12-18(24)13-11-17)23(29)30-14-20(27)25-19-9-7-6-8-16(19)5-2/h6-13,15,21H,4-5,14H2,1-3H3,(H,25,27)(H,26,28). The van der Waals surface area contributed by atoms with Crippen LogP contribution in [-0.4, -0.2) is 30.4 Å². The zero-order valence-corrected chi connectivity index (χ0v) is 18.2. The van der Waals surface area contributed by atoms with E-state index in [2.05, 4.69) is 10.6 Å². The second kappa shape index (κ2) is 11.4. The number of carbonyl (C=O) groups is 3. The van der Waals surface area contributed by atoms with Crippen LogP contribution >= 0.6 is 11.6 Å². The number of benzene rings is 2. The quantitative estimate of drug-likeness (QED) is 0.583. The lowest BCUT2D eigenvalue weighted by molar-refractivity contribution is -0.150. The number of carbonyl (C=O) groups excluding carboxylic acids is 3. The largest absolute Gasteiger partial charge is 0.454 e. The van der Waals surface area contributed by atoms with Gasteiger partial charge in [-0.2, -0.15) is 0 Å². The number of anilines is 1. The molecule has 2 aromatic carbocycles. The smallest absolute Gasteiger partial charge is 0.329 e. The Balaban J connectivity index is 1.98. The van der Waals surface area contributed by atoms with Crippen LogP contribution in [-0.2, 0) is 20.7 Å². The molecule has 0 radical (unpaired) electrons. The van der Waals surface area contributed by atoms with Crippen molar-refractivity contribution in [2.24, 2.45) is 5.92 Å². The summed E-state index contributed by atoms with van der Waals surface area (Å²) in [6.45, 7) is 5.31. The molecule has 0 aliphatic heterocycles. The first-order valence-corrected chi connectivity index (χ1v) is 10.3. The Hall–Kier alpha value is -2.86. The molecule has 6 nitrogen and oxygen atoms in total. The van der Waals surface area contributed by atoms with Crippen molar-refractivity contribution in [2.45, 2.75) is 39.7 Å². The molecule has 2 amide bonds. The first-order valence-electron chi connectivity index (χ1n) is 9.96. The highest BCUT2D eigenvalue weighted by atomic mass is 35.5. The third kappa shape index (κ3) is 6.59. The monoisotopic (exact) mass is 430 g/mol. The summed E-state index contributed by atoms with van der Waals surface area (Å²) in [6.07, 6.45) is 1.42. The summed E-state index contributed by atoms with van der Waals surface area (Å²) in [4.78, 5) is 37.3. The average molecular weight is 431 g/mol. The van der Waals surface area contributed by atoms with E-state index in [1.54, 1.807) is 30.3 Å². The maximum Gasteiger partial charge on any atom is 0.329 e. The summed E-state index contributed by atoms with van der Waals surface area (Å²) in [5.41, 5.74) is 2.06. The summed E-state index contributed by atoms with van der Waals surface area (Å²) >= 11 is 5.85. The van der Waals surface area contributed by atoms with Crippen molar-refractivity contribution >= 4 is 35.1 Å². The number of ether oxygens (including phenoxy) is 1. The Kier molecular flexibility index (Phi) is 8.87. The summed E-state index contributed by atoms with van der Waals surface area (Å²) in [5, 5.41) is 5.98. The van der Waals surface area contributed by atoms with E-state index < -0.39 is 30.4 Å². The Morgan fingerprint density at radius 3 is 2.33 bits per heavy atom. The molecule has 2 atom stereocenters. The molecule has 0 heterocycles. The van der Waals surface area contributed by atoms with Crippen LogP contribution in [0.1, 0.15) is 43.1 Å².